The number of benzene rings is 2. The molecule has 10 heteroatoms. The van der Waals surface area contributed by atoms with Crippen molar-refractivity contribution in [2.45, 2.75) is 18.3 Å². The molecule has 4 rings (SSSR count). The van der Waals surface area contributed by atoms with E-state index in [1.165, 1.54) is 11.8 Å². The van der Waals surface area contributed by atoms with Crippen LogP contribution in [0, 0.1) is 0 Å². The molecule has 0 amide bonds. The van der Waals surface area contributed by atoms with Gasteiger partial charge in [0.05, 0.1) is 0 Å². The van der Waals surface area contributed by atoms with E-state index in [9.17, 15) is 4.79 Å². The summed E-state index contributed by atoms with van der Waals surface area (Å²) in [6.45, 7) is 1.62. The standard InChI is InChI=1S/C20H17BrN4O4S/c1-2-30-20-23-19-17(24-25-20)14-9-12(21)5-8-15(14)22-18(29-19)11-3-6-13(7-4-11)28-10-16(26)27/h3-9,18,22H,2,10H2,1H3,(H,26,27)/t18-/m1/s1. The number of aromatic nitrogens is 3. The van der Waals surface area contributed by atoms with Crippen molar-refractivity contribution in [1.82, 2.24) is 15.2 Å². The summed E-state index contributed by atoms with van der Waals surface area (Å²) < 4.78 is 12.3. The second kappa shape index (κ2) is 8.88. The van der Waals surface area contributed by atoms with Crippen LogP contribution in [0.15, 0.2) is 52.1 Å². The Labute approximate surface area is 185 Å². The number of ether oxygens (including phenoxy) is 2. The van der Waals surface area contributed by atoms with Crippen LogP contribution in [0.5, 0.6) is 11.6 Å². The van der Waals surface area contributed by atoms with E-state index in [1.807, 2.05) is 37.3 Å². The van der Waals surface area contributed by atoms with Crippen molar-refractivity contribution in [2.24, 2.45) is 0 Å². The van der Waals surface area contributed by atoms with Crippen LogP contribution >= 0.6 is 27.7 Å². The molecule has 2 N–H and O–H groups in total. The van der Waals surface area contributed by atoms with Crippen LogP contribution in [-0.2, 0) is 4.79 Å². The van der Waals surface area contributed by atoms with E-state index in [1.54, 1.807) is 12.1 Å². The summed E-state index contributed by atoms with van der Waals surface area (Å²) in [5, 5.41) is 21.3. The Morgan fingerprint density at radius 3 is 2.80 bits per heavy atom. The zero-order valence-corrected chi connectivity index (χ0v) is 18.2. The fourth-order valence-corrected chi connectivity index (χ4v) is 3.76. The second-order valence-corrected chi connectivity index (χ2v) is 8.41. The molecule has 0 bridgehead atoms. The van der Waals surface area contributed by atoms with Gasteiger partial charge in [0, 0.05) is 21.3 Å². The number of hydrogen-bond acceptors (Lipinski definition) is 8. The number of hydrogen-bond donors (Lipinski definition) is 2. The first-order chi connectivity index (χ1) is 14.5. The molecule has 0 radical (unpaired) electrons. The van der Waals surface area contributed by atoms with E-state index < -0.39 is 18.8 Å². The zero-order valence-electron chi connectivity index (χ0n) is 15.8. The van der Waals surface area contributed by atoms with Crippen molar-refractivity contribution < 1.29 is 19.4 Å². The third-order valence-corrected chi connectivity index (χ3v) is 5.42. The average molecular weight is 489 g/mol. The van der Waals surface area contributed by atoms with Crippen LogP contribution < -0.4 is 14.8 Å². The molecule has 1 aliphatic rings. The first-order valence-electron chi connectivity index (χ1n) is 9.08. The summed E-state index contributed by atoms with van der Waals surface area (Å²) in [6.07, 6.45) is -0.532. The molecule has 2 aromatic carbocycles. The minimum Gasteiger partial charge on any atom is -0.482 e. The quantitative estimate of drug-likeness (QED) is 0.488. The number of carboxylic acids is 1. The number of thioether (sulfide) groups is 1. The number of halogens is 1. The van der Waals surface area contributed by atoms with Crippen molar-refractivity contribution >= 4 is 39.3 Å². The van der Waals surface area contributed by atoms with E-state index in [4.69, 9.17) is 14.6 Å². The summed E-state index contributed by atoms with van der Waals surface area (Å²) >= 11 is 4.99. The van der Waals surface area contributed by atoms with Gasteiger partial charge >= 0.3 is 5.97 Å². The molecule has 30 heavy (non-hydrogen) atoms. The minimum atomic E-state index is -1.03. The highest BCUT2D eigenvalue weighted by atomic mass is 79.9. The summed E-state index contributed by atoms with van der Waals surface area (Å²) in [7, 11) is 0. The van der Waals surface area contributed by atoms with E-state index in [-0.39, 0.29) is 0 Å². The fourth-order valence-electron chi connectivity index (χ4n) is 2.90. The Hall–Kier alpha value is -2.85. The van der Waals surface area contributed by atoms with Gasteiger partial charge in [0.25, 0.3) is 0 Å². The SMILES string of the molecule is CCSc1nnc2c(n1)O[C@H](c1ccc(OCC(=O)O)cc1)Nc1ccc(Br)cc1-2. The molecular formula is C20H17BrN4O4S. The van der Waals surface area contributed by atoms with Crippen LogP contribution in [0.3, 0.4) is 0 Å². The van der Waals surface area contributed by atoms with E-state index in [2.05, 4.69) is 36.4 Å². The lowest BCUT2D eigenvalue weighted by atomic mass is 10.1. The molecule has 8 nitrogen and oxygen atoms in total. The summed E-state index contributed by atoms with van der Waals surface area (Å²) in [4.78, 5) is 15.2. The van der Waals surface area contributed by atoms with Gasteiger partial charge in [0.2, 0.25) is 11.0 Å². The predicted octanol–water partition coefficient (Wildman–Crippen LogP) is 4.38. The fraction of sp³-hybridized carbons (Fsp3) is 0.200. The average Bonchev–Trinajstić information content (AvgIpc) is 2.89. The van der Waals surface area contributed by atoms with Crippen molar-refractivity contribution in [3.05, 3.63) is 52.5 Å². The predicted molar refractivity (Wildman–Crippen MR) is 116 cm³/mol. The molecule has 2 heterocycles. The molecule has 1 aliphatic heterocycles. The lowest BCUT2D eigenvalue weighted by molar-refractivity contribution is -0.139. The smallest absolute Gasteiger partial charge is 0.341 e. The lowest BCUT2D eigenvalue weighted by Crippen LogP contribution is -2.17. The van der Waals surface area contributed by atoms with Crippen LogP contribution in [0.2, 0.25) is 0 Å². The maximum atomic E-state index is 10.7. The van der Waals surface area contributed by atoms with Gasteiger partial charge in [-0.25, -0.2) is 4.79 Å². The number of nitrogens with zero attached hydrogens (tertiary/aromatic N) is 3. The number of carboxylic acid groups (broad SMARTS) is 1. The Morgan fingerprint density at radius 1 is 1.27 bits per heavy atom. The molecule has 0 aliphatic carbocycles. The largest absolute Gasteiger partial charge is 0.482 e. The van der Waals surface area contributed by atoms with Gasteiger partial charge < -0.3 is 19.9 Å². The Balaban J connectivity index is 1.70. The molecule has 0 unspecified atom stereocenters. The molecular weight excluding hydrogens is 472 g/mol. The number of carbonyl (C=O) groups is 1. The van der Waals surface area contributed by atoms with Gasteiger partial charge in [-0.1, -0.05) is 34.6 Å². The second-order valence-electron chi connectivity index (χ2n) is 6.26. The van der Waals surface area contributed by atoms with Gasteiger partial charge in [-0.05, 0) is 48.2 Å². The van der Waals surface area contributed by atoms with Crippen molar-refractivity contribution in [3.8, 4) is 22.9 Å². The number of fused-ring (bicyclic) bond motifs is 3. The molecule has 1 aromatic heterocycles. The van der Waals surface area contributed by atoms with Crippen LogP contribution in [-0.4, -0.2) is 38.6 Å². The Morgan fingerprint density at radius 2 is 2.07 bits per heavy atom. The van der Waals surface area contributed by atoms with Crippen LogP contribution in [0.25, 0.3) is 11.3 Å². The monoisotopic (exact) mass is 488 g/mol. The van der Waals surface area contributed by atoms with Crippen LogP contribution in [0.4, 0.5) is 5.69 Å². The molecule has 0 saturated carbocycles. The van der Waals surface area contributed by atoms with E-state index >= 15 is 0 Å². The van der Waals surface area contributed by atoms with E-state index in [0.29, 0.717) is 22.5 Å². The van der Waals surface area contributed by atoms with Gasteiger partial charge in [0.15, 0.2) is 18.5 Å². The summed E-state index contributed by atoms with van der Waals surface area (Å²) in [6, 6.07) is 12.8. The highest BCUT2D eigenvalue weighted by Gasteiger charge is 2.26. The molecule has 154 valence electrons. The number of anilines is 1. The maximum absolute atomic E-state index is 10.7. The molecule has 1 atom stereocenters. The Kier molecular flexibility index (Phi) is 6.05. The highest BCUT2D eigenvalue weighted by molar-refractivity contribution is 9.10. The van der Waals surface area contributed by atoms with Gasteiger partial charge in [-0.3, -0.25) is 0 Å². The third kappa shape index (κ3) is 4.49. The molecule has 0 saturated heterocycles. The van der Waals surface area contributed by atoms with Gasteiger partial charge in [0.1, 0.15) is 5.75 Å². The summed E-state index contributed by atoms with van der Waals surface area (Å²) in [5.74, 6) is 0.647. The van der Waals surface area contributed by atoms with Crippen molar-refractivity contribution in [1.29, 1.82) is 0 Å². The minimum absolute atomic E-state index is 0.390. The summed E-state index contributed by atoms with van der Waals surface area (Å²) in [5.41, 5.74) is 3.04. The zero-order chi connectivity index (χ0) is 21.1. The normalized spacial score (nSPS) is 14.5. The maximum Gasteiger partial charge on any atom is 0.341 e. The first kappa shape index (κ1) is 20.4. The number of aliphatic carboxylic acids is 1. The lowest BCUT2D eigenvalue weighted by Gasteiger charge is -2.19. The van der Waals surface area contributed by atoms with Crippen molar-refractivity contribution in [3.63, 3.8) is 0 Å². The molecule has 0 fully saturated rings. The van der Waals surface area contributed by atoms with E-state index in [0.717, 1.165) is 27.0 Å². The number of nitrogens with one attached hydrogen (secondary N) is 1. The van der Waals surface area contributed by atoms with Crippen LogP contribution in [0.1, 0.15) is 18.7 Å². The molecule has 3 aromatic rings. The van der Waals surface area contributed by atoms with Gasteiger partial charge in [-0.2, -0.15) is 4.98 Å². The molecule has 0 spiro atoms. The Bertz CT molecular complexity index is 1080. The first-order valence-corrected chi connectivity index (χ1v) is 10.9. The highest BCUT2D eigenvalue weighted by Crippen LogP contribution is 2.40. The number of rotatable bonds is 6. The van der Waals surface area contributed by atoms with Crippen molar-refractivity contribution in [2.75, 3.05) is 17.7 Å². The topological polar surface area (TPSA) is 106 Å². The van der Waals surface area contributed by atoms with Gasteiger partial charge in [-0.15, -0.1) is 10.2 Å². The third-order valence-electron chi connectivity index (χ3n) is 4.21.